The van der Waals surface area contributed by atoms with Crippen LogP contribution in [0.4, 0.5) is 5.69 Å². The Bertz CT molecular complexity index is 354. The lowest BCUT2D eigenvalue weighted by molar-refractivity contribution is 0.222. The second-order valence-corrected chi connectivity index (χ2v) is 4.19. The first-order chi connectivity index (χ1) is 6.68. The molecular formula is C10H11Cl2NO. The normalized spacial score (nSPS) is 20.4. The van der Waals surface area contributed by atoms with Gasteiger partial charge in [0.2, 0.25) is 0 Å². The Hall–Kier alpha value is -0.600. The van der Waals surface area contributed by atoms with Gasteiger partial charge < -0.3 is 10.1 Å². The van der Waals surface area contributed by atoms with Crippen LogP contribution in [0, 0.1) is 0 Å². The van der Waals surface area contributed by atoms with Crippen LogP contribution in [0.25, 0.3) is 0 Å². The van der Waals surface area contributed by atoms with Crippen molar-refractivity contribution in [2.75, 3.05) is 11.9 Å². The highest BCUT2D eigenvalue weighted by atomic mass is 35.5. The predicted octanol–water partition coefficient (Wildman–Crippen LogP) is 3.58. The minimum absolute atomic E-state index is 0.166. The lowest BCUT2D eigenvalue weighted by atomic mass is 10.3. The van der Waals surface area contributed by atoms with Crippen LogP contribution in [0.15, 0.2) is 12.1 Å². The van der Waals surface area contributed by atoms with Gasteiger partial charge in [0, 0.05) is 13.0 Å². The molecule has 4 heteroatoms. The van der Waals surface area contributed by atoms with Crippen molar-refractivity contribution in [1.82, 2.24) is 0 Å². The number of hydrogen-bond acceptors (Lipinski definition) is 2. The molecule has 0 saturated carbocycles. The summed E-state index contributed by atoms with van der Waals surface area (Å²) in [7, 11) is 0. The zero-order chi connectivity index (χ0) is 10.1. The van der Waals surface area contributed by atoms with Crippen LogP contribution in [0.3, 0.4) is 0 Å². The molecule has 1 aliphatic heterocycles. The first-order valence-electron chi connectivity index (χ1n) is 4.57. The lowest BCUT2D eigenvalue weighted by Crippen LogP contribution is -2.12. The van der Waals surface area contributed by atoms with E-state index < -0.39 is 0 Å². The standard InChI is InChI=1S/C10H11Cl2NO/c1-6-4-5-13-9-7(11)2-3-8(12)10(9)14-6/h2-3,6,13H,4-5H2,1H3. The number of rotatable bonds is 0. The van der Waals surface area contributed by atoms with Gasteiger partial charge in [-0.3, -0.25) is 0 Å². The topological polar surface area (TPSA) is 21.3 Å². The molecule has 2 rings (SSSR count). The molecule has 76 valence electrons. The average Bonchev–Trinajstić information content (AvgIpc) is 2.34. The molecule has 1 N–H and O–H groups in total. The van der Waals surface area contributed by atoms with E-state index in [0.29, 0.717) is 15.8 Å². The Morgan fingerprint density at radius 2 is 2.07 bits per heavy atom. The van der Waals surface area contributed by atoms with Crippen molar-refractivity contribution in [3.63, 3.8) is 0 Å². The molecule has 0 amide bonds. The van der Waals surface area contributed by atoms with Gasteiger partial charge in [-0.15, -0.1) is 0 Å². The van der Waals surface area contributed by atoms with Gasteiger partial charge in [0.1, 0.15) is 0 Å². The smallest absolute Gasteiger partial charge is 0.162 e. The lowest BCUT2D eigenvalue weighted by Gasteiger charge is -2.13. The van der Waals surface area contributed by atoms with E-state index in [-0.39, 0.29) is 6.10 Å². The van der Waals surface area contributed by atoms with Crippen molar-refractivity contribution in [2.45, 2.75) is 19.4 Å². The number of anilines is 1. The number of benzene rings is 1. The Kier molecular flexibility index (Phi) is 2.75. The van der Waals surface area contributed by atoms with Gasteiger partial charge in [0.25, 0.3) is 0 Å². The van der Waals surface area contributed by atoms with Crippen molar-refractivity contribution < 1.29 is 4.74 Å². The summed E-state index contributed by atoms with van der Waals surface area (Å²) < 4.78 is 5.69. The summed E-state index contributed by atoms with van der Waals surface area (Å²) in [5.74, 6) is 0.671. The molecule has 0 saturated heterocycles. The molecule has 0 bridgehead atoms. The van der Waals surface area contributed by atoms with E-state index in [4.69, 9.17) is 27.9 Å². The first kappa shape index (κ1) is 9.94. The molecule has 0 fully saturated rings. The second kappa shape index (κ2) is 3.87. The van der Waals surface area contributed by atoms with E-state index in [1.807, 2.05) is 6.92 Å². The fraction of sp³-hybridized carbons (Fsp3) is 0.400. The molecule has 1 unspecified atom stereocenters. The molecule has 14 heavy (non-hydrogen) atoms. The summed E-state index contributed by atoms with van der Waals surface area (Å²) in [6.45, 7) is 2.88. The van der Waals surface area contributed by atoms with E-state index in [2.05, 4.69) is 5.32 Å². The number of ether oxygens (including phenoxy) is 1. The minimum atomic E-state index is 0.166. The molecule has 0 radical (unpaired) electrons. The average molecular weight is 232 g/mol. The quantitative estimate of drug-likeness (QED) is 0.738. The van der Waals surface area contributed by atoms with E-state index in [9.17, 15) is 0 Å². The SMILES string of the molecule is CC1CCNc2c(Cl)ccc(Cl)c2O1. The number of hydrogen-bond donors (Lipinski definition) is 1. The molecule has 1 atom stereocenters. The summed E-state index contributed by atoms with van der Waals surface area (Å²) in [6, 6.07) is 3.53. The molecule has 1 aromatic rings. The highest BCUT2D eigenvalue weighted by Gasteiger charge is 2.18. The van der Waals surface area contributed by atoms with Gasteiger partial charge in [-0.2, -0.15) is 0 Å². The van der Waals surface area contributed by atoms with Gasteiger partial charge in [0.05, 0.1) is 21.8 Å². The second-order valence-electron chi connectivity index (χ2n) is 3.38. The van der Waals surface area contributed by atoms with E-state index in [0.717, 1.165) is 18.7 Å². The molecule has 1 aromatic carbocycles. The zero-order valence-corrected chi connectivity index (χ0v) is 9.32. The highest BCUT2D eigenvalue weighted by Crippen LogP contribution is 2.40. The maximum absolute atomic E-state index is 6.03. The van der Waals surface area contributed by atoms with Gasteiger partial charge in [-0.05, 0) is 19.1 Å². The van der Waals surface area contributed by atoms with Crippen LogP contribution >= 0.6 is 23.2 Å². The highest BCUT2D eigenvalue weighted by molar-refractivity contribution is 6.36. The van der Waals surface area contributed by atoms with Crippen LogP contribution in [-0.4, -0.2) is 12.6 Å². The number of fused-ring (bicyclic) bond motifs is 1. The largest absolute Gasteiger partial charge is 0.487 e. The maximum Gasteiger partial charge on any atom is 0.162 e. The van der Waals surface area contributed by atoms with Crippen molar-refractivity contribution in [1.29, 1.82) is 0 Å². The van der Waals surface area contributed by atoms with E-state index >= 15 is 0 Å². The molecule has 0 spiro atoms. The Labute approximate surface area is 93.2 Å². The van der Waals surface area contributed by atoms with E-state index in [1.54, 1.807) is 12.1 Å². The minimum Gasteiger partial charge on any atom is -0.487 e. The number of halogens is 2. The van der Waals surface area contributed by atoms with Gasteiger partial charge in [-0.1, -0.05) is 23.2 Å². The fourth-order valence-corrected chi connectivity index (χ4v) is 1.89. The molecule has 1 aliphatic rings. The van der Waals surface area contributed by atoms with E-state index in [1.165, 1.54) is 0 Å². The van der Waals surface area contributed by atoms with Gasteiger partial charge in [-0.25, -0.2) is 0 Å². The van der Waals surface area contributed by atoms with Crippen LogP contribution in [-0.2, 0) is 0 Å². The molecular weight excluding hydrogens is 221 g/mol. The summed E-state index contributed by atoms with van der Waals surface area (Å²) >= 11 is 12.1. The third-order valence-electron chi connectivity index (χ3n) is 2.23. The van der Waals surface area contributed by atoms with Crippen LogP contribution in [0.5, 0.6) is 5.75 Å². The summed E-state index contributed by atoms with van der Waals surface area (Å²) in [5.41, 5.74) is 0.809. The van der Waals surface area contributed by atoms with Gasteiger partial charge >= 0.3 is 0 Å². The van der Waals surface area contributed by atoms with Crippen molar-refractivity contribution in [2.24, 2.45) is 0 Å². The van der Waals surface area contributed by atoms with Crippen LogP contribution < -0.4 is 10.1 Å². The third kappa shape index (κ3) is 1.77. The maximum atomic E-state index is 6.03. The summed E-state index contributed by atoms with van der Waals surface area (Å²) in [5, 5.41) is 4.48. The van der Waals surface area contributed by atoms with Crippen molar-refractivity contribution >= 4 is 28.9 Å². The predicted molar refractivity (Wildman–Crippen MR) is 59.7 cm³/mol. The summed E-state index contributed by atoms with van der Waals surface area (Å²) in [4.78, 5) is 0. The van der Waals surface area contributed by atoms with Crippen molar-refractivity contribution in [3.05, 3.63) is 22.2 Å². The fourth-order valence-electron chi connectivity index (χ4n) is 1.47. The Balaban J connectivity index is 2.48. The molecule has 1 heterocycles. The first-order valence-corrected chi connectivity index (χ1v) is 5.32. The third-order valence-corrected chi connectivity index (χ3v) is 2.84. The van der Waals surface area contributed by atoms with Crippen molar-refractivity contribution in [3.8, 4) is 5.75 Å². The monoisotopic (exact) mass is 231 g/mol. The zero-order valence-electron chi connectivity index (χ0n) is 7.81. The molecule has 2 nitrogen and oxygen atoms in total. The molecule has 0 aromatic heterocycles. The van der Waals surface area contributed by atoms with Gasteiger partial charge in [0.15, 0.2) is 5.75 Å². The Morgan fingerprint density at radius 1 is 1.36 bits per heavy atom. The van der Waals surface area contributed by atoms with Crippen LogP contribution in [0.2, 0.25) is 10.0 Å². The molecule has 0 aliphatic carbocycles. The number of nitrogens with one attached hydrogen (secondary N) is 1. The summed E-state index contributed by atoms with van der Waals surface area (Å²) in [6.07, 6.45) is 1.11. The van der Waals surface area contributed by atoms with Crippen LogP contribution in [0.1, 0.15) is 13.3 Å². The Morgan fingerprint density at radius 3 is 2.86 bits per heavy atom.